The summed E-state index contributed by atoms with van der Waals surface area (Å²) in [6.45, 7) is 0.628. The van der Waals surface area contributed by atoms with E-state index in [9.17, 15) is 0 Å². The third-order valence-corrected chi connectivity index (χ3v) is 2.16. The molecule has 0 atom stereocenters. The number of rotatable bonds is 5. The van der Waals surface area contributed by atoms with Gasteiger partial charge in [-0.25, -0.2) is 0 Å². The molecule has 14 heavy (non-hydrogen) atoms. The predicted molar refractivity (Wildman–Crippen MR) is 55.0 cm³/mol. The Labute approximate surface area is 85.1 Å². The molecule has 78 valence electrons. The maximum atomic E-state index is 5.32. The number of hydrogen-bond acceptors (Lipinski definition) is 6. The fraction of sp³-hybridized carbons (Fsp3) is 0.500. The Morgan fingerprint density at radius 1 is 1.50 bits per heavy atom. The Hall–Kier alpha value is -1.28. The van der Waals surface area contributed by atoms with Crippen molar-refractivity contribution in [2.24, 2.45) is 22.2 Å². The Kier molecular flexibility index (Phi) is 4.20. The molecule has 0 aliphatic carbocycles. The van der Waals surface area contributed by atoms with E-state index in [1.165, 1.54) is 0 Å². The molecule has 7 nitrogen and oxygen atoms in total. The van der Waals surface area contributed by atoms with Gasteiger partial charge in [-0.1, -0.05) is 5.16 Å². The molecule has 0 saturated heterocycles. The zero-order chi connectivity index (χ0) is 10.4. The summed E-state index contributed by atoms with van der Waals surface area (Å²) in [6, 6.07) is 0.0772. The van der Waals surface area contributed by atoms with E-state index < -0.39 is 0 Å². The minimum Gasteiger partial charge on any atom is -0.370 e. The average Bonchev–Trinajstić information content (AvgIpc) is 2.52. The number of aromatic nitrogens is 2. The largest absolute Gasteiger partial charge is 0.370 e. The van der Waals surface area contributed by atoms with Crippen molar-refractivity contribution in [2.75, 3.05) is 12.3 Å². The topological polar surface area (TPSA) is 129 Å². The third kappa shape index (κ3) is 3.62. The van der Waals surface area contributed by atoms with Crippen molar-refractivity contribution >= 4 is 23.7 Å². The number of nitrogens with zero attached hydrogens (tertiary/aromatic N) is 3. The molecule has 0 fully saturated rings. The highest BCUT2D eigenvalue weighted by molar-refractivity contribution is 7.98. The van der Waals surface area contributed by atoms with Gasteiger partial charge in [0.05, 0.1) is 5.75 Å². The van der Waals surface area contributed by atoms with Gasteiger partial charge in [0.1, 0.15) is 0 Å². The minimum atomic E-state index is -0.102. The molecule has 1 heterocycles. The summed E-state index contributed by atoms with van der Waals surface area (Å²) in [6.07, 6.45) is 0. The normalized spacial score (nSPS) is 10.1. The van der Waals surface area contributed by atoms with Crippen LogP contribution in [0, 0.1) is 0 Å². The van der Waals surface area contributed by atoms with Gasteiger partial charge in [0.25, 0.3) is 0 Å². The Bertz CT molecular complexity index is 307. The summed E-state index contributed by atoms with van der Waals surface area (Å²) >= 11 is 1.62. The van der Waals surface area contributed by atoms with Gasteiger partial charge in [0.2, 0.25) is 0 Å². The molecule has 0 saturated carbocycles. The molecule has 0 bridgehead atoms. The summed E-state index contributed by atoms with van der Waals surface area (Å²) in [5, 5.41) is 3.68. The smallest absolute Gasteiger partial charge is 0.350 e. The second kappa shape index (κ2) is 5.45. The van der Waals surface area contributed by atoms with Crippen molar-refractivity contribution in [3.05, 3.63) is 5.82 Å². The van der Waals surface area contributed by atoms with Crippen LogP contribution < -0.4 is 17.2 Å². The number of thioether (sulfide) groups is 1. The first kappa shape index (κ1) is 10.8. The predicted octanol–water partition coefficient (Wildman–Crippen LogP) is -0.834. The molecular formula is C6H12N6OS. The molecule has 0 unspecified atom stereocenters. The van der Waals surface area contributed by atoms with Crippen molar-refractivity contribution < 1.29 is 4.52 Å². The monoisotopic (exact) mass is 216 g/mol. The third-order valence-electron chi connectivity index (χ3n) is 1.18. The molecule has 0 aromatic carbocycles. The molecule has 0 spiro atoms. The van der Waals surface area contributed by atoms with Gasteiger partial charge in [-0.3, -0.25) is 0 Å². The van der Waals surface area contributed by atoms with E-state index in [4.69, 9.17) is 21.7 Å². The molecule has 6 N–H and O–H groups in total. The van der Waals surface area contributed by atoms with Crippen LogP contribution in [0.15, 0.2) is 9.52 Å². The molecule has 0 aliphatic rings. The van der Waals surface area contributed by atoms with Crippen LogP contribution in [-0.4, -0.2) is 28.4 Å². The molecule has 0 aliphatic heterocycles. The van der Waals surface area contributed by atoms with Gasteiger partial charge in [-0.2, -0.15) is 21.7 Å². The van der Waals surface area contributed by atoms with E-state index in [-0.39, 0.29) is 12.0 Å². The summed E-state index contributed by atoms with van der Waals surface area (Å²) in [5.41, 5.74) is 15.6. The van der Waals surface area contributed by atoms with Crippen LogP contribution in [0.2, 0.25) is 0 Å². The molecule has 1 aromatic heterocycles. The van der Waals surface area contributed by atoms with Crippen LogP contribution in [0.4, 0.5) is 6.01 Å². The van der Waals surface area contributed by atoms with E-state index in [1.807, 2.05) is 0 Å². The summed E-state index contributed by atoms with van der Waals surface area (Å²) in [4.78, 5) is 7.54. The molecular weight excluding hydrogens is 204 g/mol. The Morgan fingerprint density at radius 2 is 2.29 bits per heavy atom. The van der Waals surface area contributed by atoms with Crippen LogP contribution in [0.5, 0.6) is 0 Å². The number of nitrogens with two attached hydrogens (primary N) is 3. The van der Waals surface area contributed by atoms with Gasteiger partial charge >= 0.3 is 6.01 Å². The lowest BCUT2D eigenvalue weighted by atomic mass is 10.7. The maximum Gasteiger partial charge on any atom is 0.350 e. The second-order valence-electron chi connectivity index (χ2n) is 2.37. The fourth-order valence-corrected chi connectivity index (χ4v) is 1.32. The van der Waals surface area contributed by atoms with Crippen LogP contribution in [0.1, 0.15) is 5.82 Å². The standard InChI is InChI=1S/C6H12N6OS/c7-1-2-14-3-4-10-6(13-12-4)11-5(8)9/h1-3,7H2,(H4,8,9,10,11,12). The van der Waals surface area contributed by atoms with E-state index >= 15 is 0 Å². The van der Waals surface area contributed by atoms with Gasteiger partial charge in [0.15, 0.2) is 11.8 Å². The van der Waals surface area contributed by atoms with Crippen molar-refractivity contribution in [1.29, 1.82) is 0 Å². The van der Waals surface area contributed by atoms with Gasteiger partial charge < -0.3 is 21.7 Å². The minimum absolute atomic E-state index is 0.0772. The van der Waals surface area contributed by atoms with E-state index in [1.54, 1.807) is 11.8 Å². The van der Waals surface area contributed by atoms with Crippen molar-refractivity contribution in [3.63, 3.8) is 0 Å². The number of aliphatic imine (C=N–C) groups is 1. The number of hydrogen-bond donors (Lipinski definition) is 3. The first-order valence-electron chi connectivity index (χ1n) is 3.92. The average molecular weight is 216 g/mol. The van der Waals surface area contributed by atoms with E-state index in [0.717, 1.165) is 5.75 Å². The summed E-state index contributed by atoms with van der Waals surface area (Å²) in [7, 11) is 0. The quantitative estimate of drug-likeness (QED) is 0.332. The molecule has 1 aromatic rings. The zero-order valence-electron chi connectivity index (χ0n) is 7.51. The lowest BCUT2D eigenvalue weighted by Crippen LogP contribution is -2.21. The van der Waals surface area contributed by atoms with Crippen LogP contribution in [0.25, 0.3) is 0 Å². The SMILES string of the molecule is NCCSCc1noc(N=C(N)N)n1. The lowest BCUT2D eigenvalue weighted by Gasteiger charge is -1.91. The van der Waals surface area contributed by atoms with Gasteiger partial charge in [0, 0.05) is 12.3 Å². The highest BCUT2D eigenvalue weighted by Crippen LogP contribution is 2.12. The van der Waals surface area contributed by atoms with Crippen molar-refractivity contribution in [2.45, 2.75) is 5.75 Å². The molecule has 1 rings (SSSR count). The Morgan fingerprint density at radius 3 is 2.93 bits per heavy atom. The summed E-state index contributed by atoms with van der Waals surface area (Å²) in [5.74, 6) is 1.95. The van der Waals surface area contributed by atoms with Crippen LogP contribution in [-0.2, 0) is 5.75 Å². The Balaban J connectivity index is 2.47. The number of guanidine groups is 1. The van der Waals surface area contributed by atoms with Crippen LogP contribution >= 0.6 is 11.8 Å². The van der Waals surface area contributed by atoms with Crippen molar-refractivity contribution in [1.82, 2.24) is 10.1 Å². The van der Waals surface area contributed by atoms with Crippen LogP contribution in [0.3, 0.4) is 0 Å². The first-order chi connectivity index (χ1) is 6.72. The maximum absolute atomic E-state index is 5.32. The lowest BCUT2D eigenvalue weighted by molar-refractivity contribution is 0.423. The second-order valence-corrected chi connectivity index (χ2v) is 3.48. The first-order valence-corrected chi connectivity index (χ1v) is 5.08. The van der Waals surface area contributed by atoms with Gasteiger partial charge in [-0.05, 0) is 0 Å². The highest BCUT2D eigenvalue weighted by atomic mass is 32.2. The molecule has 8 heteroatoms. The van der Waals surface area contributed by atoms with Crippen molar-refractivity contribution in [3.8, 4) is 0 Å². The van der Waals surface area contributed by atoms with E-state index in [2.05, 4.69) is 15.1 Å². The van der Waals surface area contributed by atoms with E-state index in [0.29, 0.717) is 18.1 Å². The molecule has 0 radical (unpaired) electrons. The highest BCUT2D eigenvalue weighted by Gasteiger charge is 2.04. The van der Waals surface area contributed by atoms with Gasteiger partial charge in [-0.15, -0.1) is 0 Å². The fourth-order valence-electron chi connectivity index (χ4n) is 0.706. The summed E-state index contributed by atoms with van der Waals surface area (Å²) < 4.78 is 4.75. The zero-order valence-corrected chi connectivity index (χ0v) is 8.33. The molecule has 0 amide bonds.